The number of aliphatic hydroxyl groups excluding tert-OH is 1. The van der Waals surface area contributed by atoms with Gasteiger partial charge in [-0.3, -0.25) is 4.68 Å². The highest BCUT2D eigenvalue weighted by molar-refractivity contribution is 5.36. The van der Waals surface area contributed by atoms with Crippen molar-refractivity contribution in [2.45, 2.75) is 72.3 Å². The van der Waals surface area contributed by atoms with Gasteiger partial charge in [-0.1, -0.05) is 41.5 Å². The largest absolute Gasteiger partial charge is 0.396 e. The van der Waals surface area contributed by atoms with Gasteiger partial charge in [-0.05, 0) is 18.8 Å². The third-order valence-electron chi connectivity index (χ3n) is 3.12. The molecule has 0 spiro atoms. The molecule has 0 fully saturated rings. The Morgan fingerprint density at radius 3 is 2.00 bits per heavy atom. The molecule has 1 heterocycles. The number of hydrogen-bond acceptors (Lipinski definition) is 2. The van der Waals surface area contributed by atoms with E-state index in [9.17, 15) is 0 Å². The Hall–Kier alpha value is -0.830. The molecule has 0 aromatic carbocycles. The molecule has 0 saturated heterocycles. The second-order valence-corrected chi connectivity index (χ2v) is 7.11. The van der Waals surface area contributed by atoms with Gasteiger partial charge >= 0.3 is 0 Å². The Morgan fingerprint density at radius 2 is 1.61 bits per heavy atom. The summed E-state index contributed by atoms with van der Waals surface area (Å²) in [6.45, 7) is 16.5. The normalized spacial score (nSPS) is 13.1. The molecule has 3 heteroatoms. The van der Waals surface area contributed by atoms with E-state index in [4.69, 9.17) is 5.11 Å². The molecule has 0 bridgehead atoms. The first kappa shape index (κ1) is 15.2. The monoisotopic (exact) mass is 252 g/mol. The maximum atomic E-state index is 9.02. The summed E-state index contributed by atoms with van der Waals surface area (Å²) in [4.78, 5) is 0. The molecule has 1 aromatic rings. The molecule has 18 heavy (non-hydrogen) atoms. The van der Waals surface area contributed by atoms with Crippen LogP contribution in [-0.2, 0) is 17.4 Å². The Morgan fingerprint density at radius 1 is 1.06 bits per heavy atom. The molecule has 1 rings (SSSR count). The molecule has 3 nitrogen and oxygen atoms in total. The van der Waals surface area contributed by atoms with Crippen LogP contribution in [0.5, 0.6) is 0 Å². The number of aryl methyl sites for hydroxylation is 2. The molecule has 0 aliphatic rings. The van der Waals surface area contributed by atoms with Crippen molar-refractivity contribution >= 4 is 0 Å². The van der Waals surface area contributed by atoms with Crippen LogP contribution >= 0.6 is 0 Å². The summed E-state index contributed by atoms with van der Waals surface area (Å²) in [6, 6.07) is 0. The van der Waals surface area contributed by atoms with E-state index in [-0.39, 0.29) is 17.4 Å². The summed E-state index contributed by atoms with van der Waals surface area (Å²) >= 11 is 0. The highest BCUT2D eigenvalue weighted by Crippen LogP contribution is 2.36. The van der Waals surface area contributed by atoms with Gasteiger partial charge in [0.2, 0.25) is 0 Å². The van der Waals surface area contributed by atoms with E-state index < -0.39 is 0 Å². The lowest BCUT2D eigenvalue weighted by Gasteiger charge is -2.28. The molecule has 1 N–H and O–H groups in total. The summed E-state index contributed by atoms with van der Waals surface area (Å²) in [6.07, 6.45) is 0.758. The molecule has 0 aliphatic heterocycles. The highest BCUT2D eigenvalue weighted by Gasteiger charge is 2.31. The average molecular weight is 252 g/mol. The zero-order valence-electron chi connectivity index (χ0n) is 13.0. The van der Waals surface area contributed by atoms with Gasteiger partial charge in [0.25, 0.3) is 0 Å². The first-order valence-electron chi connectivity index (χ1n) is 6.78. The molecule has 1 aromatic heterocycles. The third kappa shape index (κ3) is 3.14. The summed E-state index contributed by atoms with van der Waals surface area (Å²) in [5.41, 5.74) is 3.95. The van der Waals surface area contributed by atoms with Gasteiger partial charge in [-0.15, -0.1) is 0 Å². The van der Waals surface area contributed by atoms with E-state index in [1.807, 2.05) is 0 Å². The van der Waals surface area contributed by atoms with Crippen LogP contribution in [0, 0.1) is 6.92 Å². The Kier molecular flexibility index (Phi) is 4.26. The lowest BCUT2D eigenvalue weighted by molar-refractivity contribution is 0.274. The molecular formula is C15H28N2O. The van der Waals surface area contributed by atoms with Crippen molar-refractivity contribution in [3.63, 3.8) is 0 Å². The Bertz CT molecular complexity index is 405. The second kappa shape index (κ2) is 5.04. The molecule has 0 saturated carbocycles. The smallest absolute Gasteiger partial charge is 0.0634 e. The summed E-state index contributed by atoms with van der Waals surface area (Å²) in [7, 11) is 0. The minimum absolute atomic E-state index is 0.0688. The van der Waals surface area contributed by atoms with Gasteiger partial charge in [0.1, 0.15) is 0 Å². The maximum Gasteiger partial charge on any atom is 0.0634 e. The van der Waals surface area contributed by atoms with Gasteiger partial charge in [-0.25, -0.2) is 0 Å². The van der Waals surface area contributed by atoms with E-state index in [0.29, 0.717) is 0 Å². The summed E-state index contributed by atoms with van der Waals surface area (Å²) < 4.78 is 2.09. The van der Waals surface area contributed by atoms with Gasteiger partial charge < -0.3 is 5.11 Å². The van der Waals surface area contributed by atoms with Crippen molar-refractivity contribution in [1.82, 2.24) is 9.78 Å². The Balaban J connectivity index is 3.38. The Labute approximate surface area is 111 Å². The van der Waals surface area contributed by atoms with Crippen LogP contribution in [0.25, 0.3) is 0 Å². The molecule has 0 amide bonds. The fourth-order valence-electron chi connectivity index (χ4n) is 2.62. The molecular weight excluding hydrogens is 224 g/mol. The number of nitrogens with zero attached hydrogens (tertiary/aromatic N) is 2. The minimum atomic E-state index is 0.0688. The standard InChI is InChI=1S/C15H28N2O/c1-11-12(14(2,3)4)13(15(5,6)7)17(16-11)9-8-10-18/h18H,8-10H2,1-7H3. The van der Waals surface area contributed by atoms with E-state index in [1.54, 1.807) is 0 Å². The van der Waals surface area contributed by atoms with Crippen molar-refractivity contribution in [2.75, 3.05) is 6.61 Å². The van der Waals surface area contributed by atoms with Gasteiger partial charge in [0.05, 0.1) is 5.69 Å². The number of aromatic nitrogens is 2. The quantitative estimate of drug-likeness (QED) is 0.897. The van der Waals surface area contributed by atoms with E-state index >= 15 is 0 Å². The van der Waals surface area contributed by atoms with Crippen LogP contribution in [0.2, 0.25) is 0 Å². The number of rotatable bonds is 3. The fraction of sp³-hybridized carbons (Fsp3) is 0.800. The van der Waals surface area contributed by atoms with Crippen LogP contribution in [0.1, 0.15) is 64.9 Å². The molecule has 0 aliphatic carbocycles. The molecule has 0 unspecified atom stereocenters. The van der Waals surface area contributed by atoms with Crippen molar-refractivity contribution in [3.05, 3.63) is 17.0 Å². The SMILES string of the molecule is Cc1nn(CCCO)c(C(C)(C)C)c1C(C)(C)C. The minimum Gasteiger partial charge on any atom is -0.396 e. The lowest BCUT2D eigenvalue weighted by atomic mass is 9.78. The van der Waals surface area contributed by atoms with Gasteiger partial charge in [0, 0.05) is 29.8 Å². The van der Waals surface area contributed by atoms with Crippen molar-refractivity contribution < 1.29 is 5.11 Å². The summed E-state index contributed by atoms with van der Waals surface area (Å²) in [5, 5.41) is 13.7. The number of aliphatic hydroxyl groups is 1. The number of hydrogen-bond donors (Lipinski definition) is 1. The maximum absolute atomic E-state index is 9.02. The predicted octanol–water partition coefficient (Wildman–Crippen LogP) is 3.17. The lowest BCUT2D eigenvalue weighted by Crippen LogP contribution is -2.25. The van der Waals surface area contributed by atoms with Crippen LogP contribution in [-0.4, -0.2) is 21.5 Å². The average Bonchev–Trinajstić information content (AvgIpc) is 2.50. The topological polar surface area (TPSA) is 38.0 Å². The van der Waals surface area contributed by atoms with Crippen molar-refractivity contribution in [2.24, 2.45) is 0 Å². The van der Waals surface area contributed by atoms with Gasteiger partial charge in [0.15, 0.2) is 0 Å². The van der Waals surface area contributed by atoms with Crippen LogP contribution in [0.4, 0.5) is 0 Å². The van der Waals surface area contributed by atoms with Crippen molar-refractivity contribution in [3.8, 4) is 0 Å². The third-order valence-corrected chi connectivity index (χ3v) is 3.12. The molecule has 0 radical (unpaired) electrons. The summed E-state index contributed by atoms with van der Waals surface area (Å²) in [5.74, 6) is 0. The zero-order valence-corrected chi connectivity index (χ0v) is 13.0. The first-order valence-corrected chi connectivity index (χ1v) is 6.78. The van der Waals surface area contributed by atoms with Gasteiger partial charge in [-0.2, -0.15) is 5.10 Å². The van der Waals surface area contributed by atoms with E-state index in [2.05, 4.69) is 58.2 Å². The van der Waals surface area contributed by atoms with E-state index in [1.165, 1.54) is 11.3 Å². The van der Waals surface area contributed by atoms with Crippen molar-refractivity contribution in [1.29, 1.82) is 0 Å². The predicted molar refractivity (Wildman–Crippen MR) is 76.1 cm³/mol. The zero-order chi connectivity index (χ0) is 14.1. The van der Waals surface area contributed by atoms with Crippen LogP contribution in [0.3, 0.4) is 0 Å². The van der Waals surface area contributed by atoms with Crippen LogP contribution < -0.4 is 0 Å². The first-order chi connectivity index (χ1) is 8.09. The highest BCUT2D eigenvalue weighted by atomic mass is 16.3. The second-order valence-electron chi connectivity index (χ2n) is 7.11. The molecule has 0 atom stereocenters. The molecule has 104 valence electrons. The van der Waals surface area contributed by atoms with Crippen LogP contribution in [0.15, 0.2) is 0 Å². The van der Waals surface area contributed by atoms with E-state index in [0.717, 1.165) is 18.7 Å². The fourth-order valence-corrected chi connectivity index (χ4v) is 2.62.